The van der Waals surface area contributed by atoms with E-state index in [1.54, 1.807) is 26.8 Å². The summed E-state index contributed by atoms with van der Waals surface area (Å²) < 4.78 is 33.8. The summed E-state index contributed by atoms with van der Waals surface area (Å²) >= 11 is 0. The van der Waals surface area contributed by atoms with Crippen molar-refractivity contribution >= 4 is 36.6 Å². The Morgan fingerprint density at radius 2 is 1.54 bits per heavy atom. The second-order valence-corrected chi connectivity index (χ2v) is 9.59. The number of carbonyl (C=O) groups is 3. The number of nitrogens with one attached hydrogen (secondary N) is 2. The molecule has 0 bridgehead atoms. The van der Waals surface area contributed by atoms with Gasteiger partial charge in [-0.1, -0.05) is 36.4 Å². The van der Waals surface area contributed by atoms with Crippen molar-refractivity contribution in [3.63, 3.8) is 0 Å². The Morgan fingerprint density at radius 1 is 0.838 bits per heavy atom. The molecule has 0 aliphatic carbocycles. The lowest BCUT2D eigenvalue weighted by atomic mass is 10.1. The van der Waals surface area contributed by atoms with E-state index in [2.05, 4.69) is 10.3 Å². The number of esters is 2. The zero-order valence-electron chi connectivity index (χ0n) is 20.8. The van der Waals surface area contributed by atoms with Gasteiger partial charge in [0.25, 0.3) is 5.91 Å². The van der Waals surface area contributed by atoms with Gasteiger partial charge in [-0.15, -0.1) is 0 Å². The van der Waals surface area contributed by atoms with Crippen molar-refractivity contribution in [2.24, 2.45) is 0 Å². The van der Waals surface area contributed by atoms with E-state index in [1.165, 1.54) is 24.3 Å². The summed E-state index contributed by atoms with van der Waals surface area (Å²) in [4.78, 5) is 40.6. The van der Waals surface area contributed by atoms with Crippen LogP contribution in [0, 0.1) is 0 Å². The monoisotopic (exact) mass is 528 g/mol. The van der Waals surface area contributed by atoms with Gasteiger partial charge in [0.1, 0.15) is 11.4 Å². The Morgan fingerprint density at radius 3 is 2.19 bits per heavy atom. The normalized spacial score (nSPS) is 11.1. The van der Waals surface area contributed by atoms with Gasteiger partial charge in [0.2, 0.25) is 0 Å². The Hall–Kier alpha value is -3.72. The molecule has 0 fully saturated rings. The number of amides is 1. The molecular formula is C26H29N2O8P. The minimum atomic E-state index is -3.60. The van der Waals surface area contributed by atoms with Crippen molar-refractivity contribution in [1.29, 1.82) is 0 Å². The molecule has 10 nitrogen and oxygen atoms in total. The molecule has 11 heteroatoms. The smallest absolute Gasteiger partial charge is 0.361 e. The highest BCUT2D eigenvalue weighted by Gasteiger charge is 2.28. The number of H-pyrrole nitrogens is 1. The predicted octanol–water partition coefficient (Wildman–Crippen LogP) is 4.55. The Kier molecular flexibility index (Phi) is 9.79. The van der Waals surface area contributed by atoms with Crippen molar-refractivity contribution in [2.45, 2.75) is 20.8 Å². The minimum Gasteiger partial charge on any atom is -0.462 e. The van der Waals surface area contributed by atoms with Gasteiger partial charge in [-0.3, -0.25) is 9.36 Å². The number of anilines is 1. The molecule has 0 saturated heterocycles. The fourth-order valence-corrected chi connectivity index (χ4v) is 5.03. The number of hydrogen-bond acceptors (Lipinski definition) is 8. The zero-order chi connectivity index (χ0) is 26.8. The standard InChI is InChI=1S/C26H29N2O8P/c1-4-33-26(31)21-16-22(18-11-8-7-9-12-18)27-24(21)28-23(29)17-34-25(30)19-13-10-14-20(15-19)37(32,35-5-2)36-6-3/h7-16,27H,4-6,17H2,1-3H3,(H,28,29). The van der Waals surface area contributed by atoms with Crippen molar-refractivity contribution < 1.29 is 37.5 Å². The summed E-state index contributed by atoms with van der Waals surface area (Å²) in [6.45, 7) is 4.89. The highest BCUT2D eigenvalue weighted by atomic mass is 31.2. The number of aromatic nitrogens is 1. The summed E-state index contributed by atoms with van der Waals surface area (Å²) in [6, 6.07) is 16.7. The molecule has 0 radical (unpaired) electrons. The largest absolute Gasteiger partial charge is 0.462 e. The van der Waals surface area contributed by atoms with Crippen LogP contribution in [-0.2, 0) is 27.9 Å². The zero-order valence-corrected chi connectivity index (χ0v) is 21.7. The highest BCUT2D eigenvalue weighted by Crippen LogP contribution is 2.46. The van der Waals surface area contributed by atoms with Crippen LogP contribution in [-0.4, -0.2) is 49.3 Å². The molecule has 0 spiro atoms. The van der Waals surface area contributed by atoms with Gasteiger partial charge in [0.05, 0.1) is 30.7 Å². The molecule has 0 unspecified atom stereocenters. The molecule has 3 rings (SSSR count). The molecule has 1 aromatic heterocycles. The molecule has 2 aromatic carbocycles. The van der Waals surface area contributed by atoms with Crippen molar-refractivity contribution in [3.05, 3.63) is 71.8 Å². The summed E-state index contributed by atoms with van der Waals surface area (Å²) in [5.41, 5.74) is 1.61. The first-order valence-corrected chi connectivity index (χ1v) is 13.3. The number of ether oxygens (including phenoxy) is 2. The van der Waals surface area contributed by atoms with Crippen LogP contribution in [0.25, 0.3) is 11.3 Å². The average molecular weight is 528 g/mol. The lowest BCUT2D eigenvalue weighted by molar-refractivity contribution is -0.119. The van der Waals surface area contributed by atoms with E-state index in [4.69, 9.17) is 18.5 Å². The van der Waals surface area contributed by atoms with E-state index in [0.29, 0.717) is 5.69 Å². The highest BCUT2D eigenvalue weighted by molar-refractivity contribution is 7.62. The first-order valence-electron chi connectivity index (χ1n) is 11.7. The molecule has 0 saturated carbocycles. The van der Waals surface area contributed by atoms with Crippen LogP contribution < -0.4 is 10.6 Å². The van der Waals surface area contributed by atoms with Crippen molar-refractivity contribution in [2.75, 3.05) is 31.7 Å². The van der Waals surface area contributed by atoms with Crippen LogP contribution in [0.3, 0.4) is 0 Å². The third kappa shape index (κ3) is 7.16. The molecular weight excluding hydrogens is 499 g/mol. The molecule has 0 aliphatic heterocycles. The van der Waals surface area contributed by atoms with Crippen LogP contribution in [0.4, 0.5) is 5.82 Å². The van der Waals surface area contributed by atoms with Crippen LogP contribution in [0.5, 0.6) is 0 Å². The van der Waals surface area contributed by atoms with Gasteiger partial charge in [-0.2, -0.15) is 0 Å². The third-order valence-corrected chi connectivity index (χ3v) is 7.10. The summed E-state index contributed by atoms with van der Waals surface area (Å²) in [5, 5.41) is 2.76. The topological polar surface area (TPSA) is 133 Å². The molecule has 1 heterocycles. The van der Waals surface area contributed by atoms with E-state index in [-0.39, 0.29) is 42.1 Å². The molecule has 196 valence electrons. The van der Waals surface area contributed by atoms with Gasteiger partial charge < -0.3 is 28.8 Å². The second kappa shape index (κ2) is 13.0. The third-order valence-electron chi connectivity index (χ3n) is 4.99. The maximum absolute atomic E-state index is 13.0. The van der Waals surface area contributed by atoms with Crippen molar-refractivity contribution in [3.8, 4) is 11.3 Å². The predicted molar refractivity (Wildman–Crippen MR) is 138 cm³/mol. The maximum Gasteiger partial charge on any atom is 0.361 e. The number of hydrogen-bond donors (Lipinski definition) is 2. The SMILES string of the molecule is CCOC(=O)c1cc(-c2ccccc2)[nH]c1NC(=O)COC(=O)c1cccc(P(=O)(OCC)OCC)c1. The molecule has 2 N–H and O–H groups in total. The molecule has 37 heavy (non-hydrogen) atoms. The summed E-state index contributed by atoms with van der Waals surface area (Å²) in [5.74, 6) is -1.97. The first kappa shape index (κ1) is 27.9. The van der Waals surface area contributed by atoms with Gasteiger partial charge in [-0.25, -0.2) is 9.59 Å². The summed E-state index contributed by atoms with van der Waals surface area (Å²) in [7, 11) is -3.60. The molecule has 3 aromatic rings. The minimum absolute atomic E-state index is 0.0726. The number of rotatable bonds is 12. The van der Waals surface area contributed by atoms with E-state index < -0.39 is 32.0 Å². The lowest BCUT2D eigenvalue weighted by Gasteiger charge is -2.17. The van der Waals surface area contributed by atoms with E-state index in [1.807, 2.05) is 30.3 Å². The van der Waals surface area contributed by atoms with Crippen LogP contribution in [0.15, 0.2) is 60.7 Å². The van der Waals surface area contributed by atoms with Gasteiger partial charge in [0, 0.05) is 5.69 Å². The van der Waals surface area contributed by atoms with Crippen LogP contribution in [0.2, 0.25) is 0 Å². The van der Waals surface area contributed by atoms with E-state index in [9.17, 15) is 18.9 Å². The lowest BCUT2D eigenvalue weighted by Crippen LogP contribution is -2.23. The Bertz CT molecular complexity index is 1280. The fraction of sp³-hybridized carbons (Fsp3) is 0.269. The fourth-order valence-electron chi connectivity index (χ4n) is 3.42. The quantitative estimate of drug-likeness (QED) is 0.259. The average Bonchev–Trinajstić information content (AvgIpc) is 3.32. The summed E-state index contributed by atoms with van der Waals surface area (Å²) in [6.07, 6.45) is 0. The Balaban J connectivity index is 1.71. The molecule has 0 aliphatic rings. The maximum atomic E-state index is 13.0. The van der Waals surface area contributed by atoms with E-state index >= 15 is 0 Å². The van der Waals surface area contributed by atoms with Gasteiger partial charge in [-0.05, 0) is 50.6 Å². The molecule has 1 amide bonds. The Labute approximate surface area is 214 Å². The van der Waals surface area contributed by atoms with Crippen LogP contribution >= 0.6 is 7.60 Å². The number of benzene rings is 2. The first-order chi connectivity index (χ1) is 17.8. The van der Waals surface area contributed by atoms with Gasteiger partial charge >= 0.3 is 19.5 Å². The van der Waals surface area contributed by atoms with Crippen LogP contribution in [0.1, 0.15) is 41.5 Å². The van der Waals surface area contributed by atoms with Crippen molar-refractivity contribution in [1.82, 2.24) is 4.98 Å². The second-order valence-electron chi connectivity index (χ2n) is 7.57. The van der Waals surface area contributed by atoms with E-state index in [0.717, 1.165) is 5.56 Å². The van der Waals surface area contributed by atoms with Gasteiger partial charge in [0.15, 0.2) is 6.61 Å². The number of carbonyl (C=O) groups excluding carboxylic acids is 3. The number of aromatic amines is 1. The molecule has 0 atom stereocenters.